The number of urea groups is 1. The third-order valence-corrected chi connectivity index (χ3v) is 2.80. The van der Waals surface area contributed by atoms with Gasteiger partial charge in [0.05, 0.1) is 5.69 Å². The zero-order chi connectivity index (χ0) is 11.4. The summed E-state index contributed by atoms with van der Waals surface area (Å²) in [5.41, 5.74) is 0.981. The molecule has 1 unspecified atom stereocenters. The zero-order valence-electron chi connectivity index (χ0n) is 9.39. The maximum absolute atomic E-state index is 11.6. The number of hydrogen-bond donors (Lipinski definition) is 1. The molecule has 0 aromatic carbocycles. The number of carbonyl (C=O) groups is 1. The lowest BCUT2D eigenvalue weighted by Gasteiger charge is -2.16. The molecule has 1 aliphatic heterocycles. The summed E-state index contributed by atoms with van der Waals surface area (Å²) < 4.78 is 0. The zero-order valence-corrected chi connectivity index (χ0v) is 9.39. The topological polar surface area (TPSA) is 58.1 Å². The van der Waals surface area contributed by atoms with Gasteiger partial charge in [-0.3, -0.25) is 9.97 Å². The Morgan fingerprint density at radius 3 is 3.19 bits per heavy atom. The Morgan fingerprint density at radius 1 is 1.62 bits per heavy atom. The van der Waals surface area contributed by atoms with Crippen molar-refractivity contribution in [1.29, 1.82) is 0 Å². The highest BCUT2D eigenvalue weighted by molar-refractivity contribution is 5.74. The van der Waals surface area contributed by atoms with Crippen LogP contribution in [0.15, 0.2) is 18.6 Å². The lowest BCUT2D eigenvalue weighted by Crippen LogP contribution is -2.38. The number of nitrogens with one attached hydrogen (secondary N) is 1. The summed E-state index contributed by atoms with van der Waals surface area (Å²) in [6.07, 6.45) is 6.12. The van der Waals surface area contributed by atoms with Crippen molar-refractivity contribution < 1.29 is 4.79 Å². The average Bonchev–Trinajstić information content (AvgIpc) is 2.80. The summed E-state index contributed by atoms with van der Waals surface area (Å²) in [7, 11) is 0. The summed E-state index contributed by atoms with van der Waals surface area (Å²) in [4.78, 5) is 21.8. The number of rotatable bonds is 2. The highest BCUT2D eigenvalue weighted by Gasteiger charge is 2.27. The fraction of sp³-hybridized carbons (Fsp3) is 0.545. The second kappa shape index (κ2) is 4.92. The van der Waals surface area contributed by atoms with E-state index in [-0.39, 0.29) is 6.03 Å². The van der Waals surface area contributed by atoms with Gasteiger partial charge < -0.3 is 10.2 Å². The first-order valence-electron chi connectivity index (χ1n) is 5.60. The first-order valence-corrected chi connectivity index (χ1v) is 5.60. The summed E-state index contributed by atoms with van der Waals surface area (Å²) in [5, 5.41) is 2.81. The maximum Gasteiger partial charge on any atom is 0.317 e. The van der Waals surface area contributed by atoms with Gasteiger partial charge in [-0.25, -0.2) is 4.79 Å². The Labute approximate surface area is 94.9 Å². The molecular weight excluding hydrogens is 204 g/mol. The molecule has 1 atom stereocenters. The molecule has 0 bridgehead atoms. The van der Waals surface area contributed by atoms with E-state index in [0.29, 0.717) is 12.5 Å². The standard InChI is InChI=1S/C11H16N4O/c1-2-13-11(16)15-6-3-9(8-15)10-7-12-4-5-14-10/h4-5,7,9H,2-3,6,8H2,1H3,(H,13,16). The van der Waals surface area contributed by atoms with Crippen LogP contribution in [-0.4, -0.2) is 40.5 Å². The highest BCUT2D eigenvalue weighted by atomic mass is 16.2. The molecule has 5 nitrogen and oxygen atoms in total. The van der Waals surface area contributed by atoms with Crippen LogP contribution in [0.3, 0.4) is 0 Å². The molecule has 1 aliphatic rings. The van der Waals surface area contributed by atoms with Crippen molar-refractivity contribution in [2.75, 3.05) is 19.6 Å². The molecule has 1 fully saturated rings. The van der Waals surface area contributed by atoms with Crippen LogP contribution in [-0.2, 0) is 0 Å². The summed E-state index contributed by atoms with van der Waals surface area (Å²) in [6.45, 7) is 4.14. The Hall–Kier alpha value is -1.65. The van der Waals surface area contributed by atoms with E-state index >= 15 is 0 Å². The second-order valence-electron chi connectivity index (χ2n) is 3.90. The number of hydrogen-bond acceptors (Lipinski definition) is 3. The van der Waals surface area contributed by atoms with Gasteiger partial charge in [0.15, 0.2) is 0 Å². The molecular formula is C11H16N4O. The van der Waals surface area contributed by atoms with Crippen LogP contribution in [0.5, 0.6) is 0 Å². The first kappa shape index (κ1) is 10.9. The normalized spacial score (nSPS) is 19.8. The van der Waals surface area contributed by atoms with E-state index in [2.05, 4.69) is 15.3 Å². The predicted octanol–water partition coefficient (Wildman–Crippen LogP) is 0.995. The van der Waals surface area contributed by atoms with E-state index < -0.39 is 0 Å². The Balaban J connectivity index is 1.96. The van der Waals surface area contributed by atoms with Crippen LogP contribution < -0.4 is 5.32 Å². The van der Waals surface area contributed by atoms with Crippen molar-refractivity contribution in [3.63, 3.8) is 0 Å². The smallest absolute Gasteiger partial charge is 0.317 e. The van der Waals surface area contributed by atoms with E-state index in [9.17, 15) is 4.79 Å². The van der Waals surface area contributed by atoms with Crippen molar-refractivity contribution in [3.8, 4) is 0 Å². The van der Waals surface area contributed by atoms with Crippen molar-refractivity contribution in [2.24, 2.45) is 0 Å². The largest absolute Gasteiger partial charge is 0.338 e. The third-order valence-electron chi connectivity index (χ3n) is 2.80. The summed E-state index contributed by atoms with van der Waals surface area (Å²) in [5.74, 6) is 0.330. The molecule has 1 N–H and O–H groups in total. The highest BCUT2D eigenvalue weighted by Crippen LogP contribution is 2.24. The van der Waals surface area contributed by atoms with Crippen LogP contribution in [0, 0.1) is 0 Å². The Bertz CT molecular complexity index is 354. The quantitative estimate of drug-likeness (QED) is 0.808. The summed E-state index contributed by atoms with van der Waals surface area (Å²) in [6, 6.07) is 0.0221. The number of aromatic nitrogens is 2. The first-order chi connectivity index (χ1) is 7.81. The molecule has 86 valence electrons. The van der Waals surface area contributed by atoms with Gasteiger partial charge >= 0.3 is 6.03 Å². The molecule has 1 aromatic heterocycles. The van der Waals surface area contributed by atoms with Gasteiger partial charge in [-0.1, -0.05) is 0 Å². The van der Waals surface area contributed by atoms with Crippen molar-refractivity contribution in [2.45, 2.75) is 19.3 Å². The average molecular weight is 220 g/mol. The molecule has 16 heavy (non-hydrogen) atoms. The van der Waals surface area contributed by atoms with Crippen molar-refractivity contribution in [1.82, 2.24) is 20.2 Å². The van der Waals surface area contributed by atoms with Crippen LogP contribution in [0.1, 0.15) is 25.0 Å². The van der Waals surface area contributed by atoms with Gasteiger partial charge in [0.25, 0.3) is 0 Å². The Kier molecular flexibility index (Phi) is 3.34. The number of carbonyl (C=O) groups excluding carboxylic acids is 1. The molecule has 0 aliphatic carbocycles. The monoisotopic (exact) mass is 220 g/mol. The molecule has 2 amide bonds. The van der Waals surface area contributed by atoms with Crippen LogP contribution in [0.2, 0.25) is 0 Å². The number of nitrogens with zero attached hydrogens (tertiary/aromatic N) is 3. The molecule has 0 saturated carbocycles. The molecule has 5 heteroatoms. The van der Waals surface area contributed by atoms with Gasteiger partial charge in [0.2, 0.25) is 0 Å². The minimum Gasteiger partial charge on any atom is -0.338 e. The minimum atomic E-state index is 0.0221. The minimum absolute atomic E-state index is 0.0221. The lowest BCUT2D eigenvalue weighted by molar-refractivity contribution is 0.209. The fourth-order valence-corrected chi connectivity index (χ4v) is 1.97. The molecule has 2 heterocycles. The van der Waals surface area contributed by atoms with E-state index in [1.165, 1.54) is 0 Å². The Morgan fingerprint density at radius 2 is 2.50 bits per heavy atom. The fourth-order valence-electron chi connectivity index (χ4n) is 1.97. The van der Waals surface area contributed by atoms with E-state index in [4.69, 9.17) is 0 Å². The van der Waals surface area contributed by atoms with Gasteiger partial charge in [0, 0.05) is 44.1 Å². The summed E-state index contributed by atoms with van der Waals surface area (Å²) >= 11 is 0. The molecule has 1 saturated heterocycles. The van der Waals surface area contributed by atoms with E-state index in [1.54, 1.807) is 18.6 Å². The lowest BCUT2D eigenvalue weighted by atomic mass is 10.1. The van der Waals surface area contributed by atoms with Crippen molar-refractivity contribution >= 4 is 6.03 Å². The number of amides is 2. The van der Waals surface area contributed by atoms with Gasteiger partial charge in [-0.2, -0.15) is 0 Å². The maximum atomic E-state index is 11.6. The van der Waals surface area contributed by atoms with Crippen molar-refractivity contribution in [3.05, 3.63) is 24.3 Å². The van der Waals surface area contributed by atoms with E-state index in [0.717, 1.165) is 25.2 Å². The van der Waals surface area contributed by atoms with Gasteiger partial charge in [0.1, 0.15) is 0 Å². The predicted molar refractivity (Wildman–Crippen MR) is 60.0 cm³/mol. The number of likely N-dealkylation sites (tertiary alicyclic amines) is 1. The van der Waals surface area contributed by atoms with Crippen LogP contribution in [0.4, 0.5) is 4.79 Å². The van der Waals surface area contributed by atoms with Crippen LogP contribution in [0.25, 0.3) is 0 Å². The van der Waals surface area contributed by atoms with Crippen LogP contribution >= 0.6 is 0 Å². The molecule has 0 spiro atoms. The third kappa shape index (κ3) is 2.29. The SMILES string of the molecule is CCNC(=O)N1CCC(c2cnccn2)C1. The van der Waals surface area contributed by atoms with E-state index in [1.807, 2.05) is 11.8 Å². The second-order valence-corrected chi connectivity index (χ2v) is 3.90. The van der Waals surface area contributed by atoms with Gasteiger partial charge in [-0.05, 0) is 13.3 Å². The molecule has 1 aromatic rings. The molecule has 2 rings (SSSR count). The molecule has 0 radical (unpaired) electrons. The van der Waals surface area contributed by atoms with Gasteiger partial charge in [-0.15, -0.1) is 0 Å².